The van der Waals surface area contributed by atoms with Crippen LogP contribution in [-0.4, -0.2) is 23.7 Å². The molecule has 92 valence electrons. The van der Waals surface area contributed by atoms with Crippen LogP contribution in [0.5, 0.6) is 0 Å². The van der Waals surface area contributed by atoms with Crippen LogP contribution in [0.3, 0.4) is 0 Å². The Morgan fingerprint density at radius 1 is 1.50 bits per heavy atom. The molecule has 0 fully saturated rings. The van der Waals surface area contributed by atoms with Crippen molar-refractivity contribution < 1.29 is 9.90 Å². The van der Waals surface area contributed by atoms with E-state index >= 15 is 0 Å². The number of carbonyl (C=O) groups excluding carboxylic acids is 1. The topological polar surface area (TPSA) is 49.3 Å². The first kappa shape index (κ1) is 14.9. The average Bonchev–Trinajstić information content (AvgIpc) is 2.31. The van der Waals surface area contributed by atoms with Gasteiger partial charge in [0.25, 0.3) is 0 Å². The molecule has 3 nitrogen and oxygen atoms in total. The summed E-state index contributed by atoms with van der Waals surface area (Å²) in [7, 11) is 0. The third kappa shape index (κ3) is 5.12. The maximum absolute atomic E-state index is 11.7. The van der Waals surface area contributed by atoms with Crippen molar-refractivity contribution in [1.82, 2.24) is 5.32 Å². The van der Waals surface area contributed by atoms with E-state index in [0.717, 1.165) is 6.42 Å². The summed E-state index contributed by atoms with van der Waals surface area (Å²) in [5.74, 6) is 0.168. The fourth-order valence-electron chi connectivity index (χ4n) is 1.25. The molecular weight excluding hydrogens is 202 g/mol. The zero-order valence-electron chi connectivity index (χ0n) is 10.7. The van der Waals surface area contributed by atoms with Gasteiger partial charge >= 0.3 is 0 Å². The van der Waals surface area contributed by atoms with Gasteiger partial charge in [-0.05, 0) is 19.8 Å². The number of hydrogen-bond donors (Lipinski definition) is 2. The number of carbonyl (C=O) groups is 1. The molecule has 0 radical (unpaired) electrons. The van der Waals surface area contributed by atoms with E-state index in [1.165, 1.54) is 0 Å². The number of amides is 1. The number of allylic oxidation sites excluding steroid dienone is 3. The molecule has 2 atom stereocenters. The SMILES string of the molecule is C/C=C/C=C(\C)C(=O)NC(CO)C(C)CC. The predicted molar refractivity (Wildman–Crippen MR) is 67.0 cm³/mol. The summed E-state index contributed by atoms with van der Waals surface area (Å²) < 4.78 is 0. The standard InChI is InChI=1S/C13H23NO2/c1-5-7-8-11(4)13(16)14-12(9-15)10(3)6-2/h5,7-8,10,12,15H,6,9H2,1-4H3,(H,14,16)/b7-5+,11-8+. The largest absolute Gasteiger partial charge is 0.394 e. The van der Waals surface area contributed by atoms with Crippen LogP contribution in [0, 0.1) is 5.92 Å². The van der Waals surface area contributed by atoms with Crippen molar-refractivity contribution in [2.75, 3.05) is 6.61 Å². The van der Waals surface area contributed by atoms with Crippen molar-refractivity contribution in [2.45, 2.75) is 40.2 Å². The van der Waals surface area contributed by atoms with E-state index < -0.39 is 0 Å². The van der Waals surface area contributed by atoms with Gasteiger partial charge in [0.05, 0.1) is 12.6 Å². The smallest absolute Gasteiger partial charge is 0.247 e. The van der Waals surface area contributed by atoms with Crippen LogP contribution in [0.1, 0.15) is 34.1 Å². The molecule has 3 heteroatoms. The Kier molecular flexibility index (Phi) is 7.56. The van der Waals surface area contributed by atoms with Crippen molar-refractivity contribution in [3.63, 3.8) is 0 Å². The number of nitrogens with one attached hydrogen (secondary N) is 1. The van der Waals surface area contributed by atoms with Crippen LogP contribution in [0.25, 0.3) is 0 Å². The molecular formula is C13H23NO2. The van der Waals surface area contributed by atoms with E-state index in [-0.39, 0.29) is 24.5 Å². The molecule has 2 unspecified atom stereocenters. The summed E-state index contributed by atoms with van der Waals surface area (Å²) in [6, 6.07) is -0.161. The summed E-state index contributed by atoms with van der Waals surface area (Å²) in [5.41, 5.74) is 0.653. The maximum Gasteiger partial charge on any atom is 0.247 e. The van der Waals surface area contributed by atoms with Crippen molar-refractivity contribution in [2.24, 2.45) is 5.92 Å². The number of hydrogen-bond acceptors (Lipinski definition) is 2. The Labute approximate surface area is 98.2 Å². The van der Waals surface area contributed by atoms with Gasteiger partial charge in [-0.3, -0.25) is 4.79 Å². The first-order valence-electron chi connectivity index (χ1n) is 5.78. The van der Waals surface area contributed by atoms with Crippen LogP contribution < -0.4 is 5.32 Å². The first-order valence-corrected chi connectivity index (χ1v) is 5.78. The zero-order chi connectivity index (χ0) is 12.6. The second-order valence-electron chi connectivity index (χ2n) is 4.02. The third-order valence-corrected chi connectivity index (χ3v) is 2.74. The molecule has 0 aliphatic heterocycles. The predicted octanol–water partition coefficient (Wildman–Crippen LogP) is 2.03. The minimum atomic E-state index is -0.161. The van der Waals surface area contributed by atoms with Gasteiger partial charge in [0, 0.05) is 5.57 Å². The molecule has 0 saturated carbocycles. The van der Waals surface area contributed by atoms with Gasteiger partial charge in [-0.15, -0.1) is 0 Å². The van der Waals surface area contributed by atoms with Gasteiger partial charge in [0.15, 0.2) is 0 Å². The molecule has 0 aromatic rings. The first-order chi connectivity index (χ1) is 7.56. The summed E-state index contributed by atoms with van der Waals surface area (Å²) in [4.78, 5) is 11.7. The molecule has 1 amide bonds. The van der Waals surface area contributed by atoms with Gasteiger partial charge in [-0.2, -0.15) is 0 Å². The lowest BCUT2D eigenvalue weighted by Gasteiger charge is -2.22. The van der Waals surface area contributed by atoms with E-state index in [1.807, 2.05) is 32.9 Å². The molecule has 16 heavy (non-hydrogen) atoms. The Morgan fingerprint density at radius 2 is 2.12 bits per heavy atom. The highest BCUT2D eigenvalue weighted by Crippen LogP contribution is 2.07. The Bertz CT molecular complexity index is 269. The van der Waals surface area contributed by atoms with E-state index in [2.05, 4.69) is 5.32 Å². The van der Waals surface area contributed by atoms with E-state index in [0.29, 0.717) is 5.57 Å². The van der Waals surface area contributed by atoms with Crippen LogP contribution in [0.4, 0.5) is 0 Å². The highest BCUT2D eigenvalue weighted by molar-refractivity contribution is 5.93. The lowest BCUT2D eigenvalue weighted by molar-refractivity contribution is -0.118. The number of rotatable bonds is 6. The minimum Gasteiger partial charge on any atom is -0.394 e. The van der Waals surface area contributed by atoms with Gasteiger partial charge < -0.3 is 10.4 Å². The minimum absolute atomic E-state index is 0.0162. The molecule has 0 spiro atoms. The lowest BCUT2D eigenvalue weighted by atomic mass is 9.99. The van der Waals surface area contributed by atoms with E-state index in [1.54, 1.807) is 13.0 Å². The quantitative estimate of drug-likeness (QED) is 0.537. The van der Waals surface area contributed by atoms with Crippen LogP contribution in [0.15, 0.2) is 23.8 Å². The molecule has 2 N–H and O–H groups in total. The van der Waals surface area contributed by atoms with Crippen molar-refractivity contribution in [1.29, 1.82) is 0 Å². The molecule has 0 aliphatic rings. The fourth-order valence-corrected chi connectivity index (χ4v) is 1.25. The lowest BCUT2D eigenvalue weighted by Crippen LogP contribution is -2.42. The van der Waals surface area contributed by atoms with Crippen LogP contribution in [-0.2, 0) is 4.79 Å². The molecule has 0 aromatic carbocycles. The summed E-state index contributed by atoms with van der Waals surface area (Å²) >= 11 is 0. The van der Waals surface area contributed by atoms with E-state index in [9.17, 15) is 9.90 Å². The normalized spacial score (nSPS) is 16.2. The van der Waals surface area contributed by atoms with Crippen LogP contribution in [0.2, 0.25) is 0 Å². The average molecular weight is 225 g/mol. The van der Waals surface area contributed by atoms with Gasteiger partial charge in [-0.25, -0.2) is 0 Å². The summed E-state index contributed by atoms with van der Waals surface area (Å²) in [5, 5.41) is 12.0. The van der Waals surface area contributed by atoms with E-state index in [4.69, 9.17) is 0 Å². The summed E-state index contributed by atoms with van der Waals surface area (Å²) in [6.45, 7) is 7.71. The number of aliphatic hydroxyl groups is 1. The molecule has 0 aliphatic carbocycles. The second kappa shape index (κ2) is 8.11. The highest BCUT2D eigenvalue weighted by Gasteiger charge is 2.17. The Balaban J connectivity index is 4.41. The summed E-state index contributed by atoms with van der Waals surface area (Å²) in [6.07, 6.45) is 6.39. The fraction of sp³-hybridized carbons (Fsp3) is 0.615. The molecule has 0 rings (SSSR count). The zero-order valence-corrected chi connectivity index (χ0v) is 10.7. The highest BCUT2D eigenvalue weighted by atomic mass is 16.3. The van der Waals surface area contributed by atoms with Crippen LogP contribution >= 0.6 is 0 Å². The second-order valence-corrected chi connectivity index (χ2v) is 4.02. The van der Waals surface area contributed by atoms with Crippen molar-refractivity contribution in [3.05, 3.63) is 23.8 Å². The van der Waals surface area contributed by atoms with Crippen molar-refractivity contribution in [3.8, 4) is 0 Å². The van der Waals surface area contributed by atoms with Gasteiger partial charge in [0.2, 0.25) is 5.91 Å². The molecule has 0 bridgehead atoms. The van der Waals surface area contributed by atoms with Gasteiger partial charge in [-0.1, -0.05) is 38.5 Å². The molecule has 0 aromatic heterocycles. The molecule has 0 heterocycles. The maximum atomic E-state index is 11.7. The Hall–Kier alpha value is -1.09. The van der Waals surface area contributed by atoms with Gasteiger partial charge in [0.1, 0.15) is 0 Å². The molecule has 0 saturated heterocycles. The third-order valence-electron chi connectivity index (χ3n) is 2.74. The van der Waals surface area contributed by atoms with Crippen molar-refractivity contribution >= 4 is 5.91 Å². The number of aliphatic hydroxyl groups excluding tert-OH is 1. The Morgan fingerprint density at radius 3 is 2.56 bits per heavy atom. The monoisotopic (exact) mass is 225 g/mol.